The Morgan fingerprint density at radius 1 is 1.08 bits per heavy atom. The van der Waals surface area contributed by atoms with Crippen molar-refractivity contribution in [3.8, 4) is 11.5 Å². The Balaban J connectivity index is 1.80. The monoisotopic (exact) mass is 352 g/mol. The molecule has 0 fully saturated rings. The van der Waals surface area contributed by atoms with Crippen molar-refractivity contribution in [1.29, 1.82) is 0 Å². The van der Waals surface area contributed by atoms with E-state index in [0.717, 1.165) is 34.7 Å². The second-order valence-corrected chi connectivity index (χ2v) is 6.58. The van der Waals surface area contributed by atoms with E-state index in [1.165, 1.54) is 0 Å². The summed E-state index contributed by atoms with van der Waals surface area (Å²) >= 11 is 0. The zero-order chi connectivity index (χ0) is 18.3. The molecular formula is C20H20N2O4. The van der Waals surface area contributed by atoms with Gasteiger partial charge in [0.25, 0.3) is 5.69 Å². The van der Waals surface area contributed by atoms with Crippen molar-refractivity contribution < 1.29 is 14.4 Å². The predicted molar refractivity (Wildman–Crippen MR) is 99.0 cm³/mol. The summed E-state index contributed by atoms with van der Waals surface area (Å²) in [6, 6.07) is 10.7. The van der Waals surface area contributed by atoms with Gasteiger partial charge in [-0.15, -0.1) is 0 Å². The fraction of sp³-hybridized carbons (Fsp3) is 0.300. The van der Waals surface area contributed by atoms with Gasteiger partial charge in [0.05, 0.1) is 30.9 Å². The molecule has 0 saturated heterocycles. The van der Waals surface area contributed by atoms with Crippen LogP contribution in [-0.2, 0) is 0 Å². The van der Waals surface area contributed by atoms with E-state index in [0.29, 0.717) is 5.92 Å². The van der Waals surface area contributed by atoms with Crippen LogP contribution >= 0.6 is 0 Å². The van der Waals surface area contributed by atoms with E-state index in [4.69, 9.17) is 9.47 Å². The first kappa shape index (κ1) is 16.4. The molecular weight excluding hydrogens is 332 g/mol. The first-order chi connectivity index (χ1) is 12.6. The number of nitro groups is 1. The Bertz CT molecular complexity index is 876. The fourth-order valence-corrected chi connectivity index (χ4v) is 4.13. The largest absolute Gasteiger partial charge is 0.496 e. The van der Waals surface area contributed by atoms with Gasteiger partial charge in [0.1, 0.15) is 11.5 Å². The molecule has 0 aromatic heterocycles. The number of hydrogen-bond donors (Lipinski definition) is 1. The molecule has 1 heterocycles. The van der Waals surface area contributed by atoms with Gasteiger partial charge in [-0.3, -0.25) is 10.1 Å². The second-order valence-electron chi connectivity index (χ2n) is 6.58. The summed E-state index contributed by atoms with van der Waals surface area (Å²) in [6.45, 7) is 0. The number of methoxy groups -OCH3 is 2. The lowest BCUT2D eigenvalue weighted by molar-refractivity contribution is -0.384. The zero-order valence-electron chi connectivity index (χ0n) is 14.6. The smallest absolute Gasteiger partial charge is 0.269 e. The summed E-state index contributed by atoms with van der Waals surface area (Å²) in [6.07, 6.45) is 5.37. The van der Waals surface area contributed by atoms with Gasteiger partial charge in [0.15, 0.2) is 0 Å². The van der Waals surface area contributed by atoms with Crippen LogP contribution in [0.5, 0.6) is 11.5 Å². The Morgan fingerprint density at radius 2 is 1.77 bits per heavy atom. The maximum Gasteiger partial charge on any atom is 0.269 e. The van der Waals surface area contributed by atoms with Gasteiger partial charge >= 0.3 is 0 Å². The Hall–Kier alpha value is -3.02. The molecule has 4 rings (SSSR count). The molecule has 0 bridgehead atoms. The third-order valence-electron chi connectivity index (χ3n) is 5.34. The molecule has 134 valence electrons. The number of ether oxygens (including phenoxy) is 2. The van der Waals surface area contributed by atoms with Gasteiger partial charge in [-0.1, -0.05) is 24.3 Å². The summed E-state index contributed by atoms with van der Waals surface area (Å²) in [7, 11) is 3.33. The van der Waals surface area contributed by atoms with Gasteiger partial charge < -0.3 is 14.8 Å². The number of nitrogens with zero attached hydrogens (tertiary/aromatic N) is 1. The molecule has 26 heavy (non-hydrogen) atoms. The molecule has 2 aromatic rings. The maximum absolute atomic E-state index is 10.9. The van der Waals surface area contributed by atoms with Gasteiger partial charge in [-0.05, 0) is 30.0 Å². The van der Waals surface area contributed by atoms with Crippen molar-refractivity contribution in [2.24, 2.45) is 5.92 Å². The topological polar surface area (TPSA) is 73.6 Å². The van der Waals surface area contributed by atoms with Gasteiger partial charge in [0, 0.05) is 23.6 Å². The fourth-order valence-electron chi connectivity index (χ4n) is 4.13. The molecule has 6 heteroatoms. The number of allylic oxidation sites excluding steroid dienone is 2. The molecule has 0 radical (unpaired) electrons. The Kier molecular flexibility index (Phi) is 4.03. The minimum Gasteiger partial charge on any atom is -0.496 e. The van der Waals surface area contributed by atoms with Gasteiger partial charge in [0.2, 0.25) is 0 Å². The zero-order valence-corrected chi connectivity index (χ0v) is 14.6. The predicted octanol–water partition coefficient (Wildman–Crippen LogP) is 4.44. The molecule has 2 aliphatic rings. The number of fused-ring (bicyclic) bond motifs is 3. The SMILES string of the molecule is COc1ccc(OC)c2c1N[C@@H](c1ccc([N+](=O)[O-])cc1)[C@H]1CC=C[C@@H]21. The van der Waals surface area contributed by atoms with Crippen LogP contribution in [0.1, 0.15) is 29.5 Å². The average molecular weight is 352 g/mol. The number of rotatable bonds is 4. The van der Waals surface area contributed by atoms with Gasteiger partial charge in [-0.25, -0.2) is 0 Å². The van der Waals surface area contributed by atoms with Crippen LogP contribution in [-0.4, -0.2) is 19.1 Å². The molecule has 1 N–H and O–H groups in total. The lowest BCUT2D eigenvalue weighted by Gasteiger charge is -2.38. The highest BCUT2D eigenvalue weighted by Crippen LogP contribution is 2.55. The minimum absolute atomic E-state index is 0.0457. The summed E-state index contributed by atoms with van der Waals surface area (Å²) in [4.78, 5) is 10.6. The highest BCUT2D eigenvalue weighted by atomic mass is 16.6. The molecule has 1 aliphatic heterocycles. The first-order valence-corrected chi connectivity index (χ1v) is 8.56. The lowest BCUT2D eigenvalue weighted by Crippen LogP contribution is -2.29. The van der Waals surface area contributed by atoms with E-state index >= 15 is 0 Å². The molecule has 6 nitrogen and oxygen atoms in total. The number of hydrogen-bond acceptors (Lipinski definition) is 5. The van der Waals surface area contributed by atoms with Crippen LogP contribution in [0.25, 0.3) is 0 Å². The van der Waals surface area contributed by atoms with Crippen LogP contribution in [0, 0.1) is 16.0 Å². The van der Waals surface area contributed by atoms with E-state index in [1.807, 2.05) is 24.3 Å². The molecule has 3 atom stereocenters. The first-order valence-electron chi connectivity index (χ1n) is 8.56. The molecule has 0 amide bonds. The van der Waals surface area contributed by atoms with E-state index in [9.17, 15) is 10.1 Å². The van der Waals surface area contributed by atoms with Crippen LogP contribution < -0.4 is 14.8 Å². The van der Waals surface area contributed by atoms with E-state index in [-0.39, 0.29) is 22.6 Å². The van der Waals surface area contributed by atoms with Crippen molar-refractivity contribution in [3.63, 3.8) is 0 Å². The number of benzene rings is 2. The highest BCUT2D eigenvalue weighted by molar-refractivity contribution is 5.71. The number of nitrogens with one attached hydrogen (secondary N) is 1. The molecule has 0 unspecified atom stereocenters. The second kappa shape index (κ2) is 6.37. The normalized spacial score (nSPS) is 22.9. The Morgan fingerprint density at radius 3 is 2.42 bits per heavy atom. The Labute approximate surface area is 151 Å². The summed E-state index contributed by atoms with van der Waals surface area (Å²) in [5.74, 6) is 2.16. The van der Waals surface area contributed by atoms with E-state index < -0.39 is 0 Å². The van der Waals surface area contributed by atoms with Crippen LogP contribution in [0.3, 0.4) is 0 Å². The molecule has 1 aliphatic carbocycles. The quantitative estimate of drug-likeness (QED) is 0.500. The maximum atomic E-state index is 10.9. The third-order valence-corrected chi connectivity index (χ3v) is 5.34. The average Bonchev–Trinajstić information content (AvgIpc) is 3.16. The van der Waals surface area contributed by atoms with Crippen molar-refractivity contribution in [1.82, 2.24) is 0 Å². The van der Waals surface area contributed by atoms with Crippen molar-refractivity contribution in [2.75, 3.05) is 19.5 Å². The third kappa shape index (κ3) is 2.49. The van der Waals surface area contributed by atoms with Crippen molar-refractivity contribution >= 4 is 11.4 Å². The van der Waals surface area contributed by atoms with Gasteiger partial charge in [-0.2, -0.15) is 0 Å². The highest BCUT2D eigenvalue weighted by Gasteiger charge is 2.40. The minimum atomic E-state index is -0.374. The summed E-state index contributed by atoms with van der Waals surface area (Å²) < 4.78 is 11.2. The lowest BCUT2D eigenvalue weighted by atomic mass is 9.76. The number of non-ortho nitro benzene ring substituents is 1. The molecule has 0 spiro atoms. The van der Waals surface area contributed by atoms with Crippen LogP contribution in [0.2, 0.25) is 0 Å². The molecule has 0 saturated carbocycles. The van der Waals surface area contributed by atoms with Crippen LogP contribution in [0.15, 0.2) is 48.6 Å². The number of nitro benzene ring substituents is 1. The van der Waals surface area contributed by atoms with E-state index in [2.05, 4.69) is 17.5 Å². The van der Waals surface area contributed by atoms with Crippen molar-refractivity contribution in [3.05, 3.63) is 69.8 Å². The molecule has 2 aromatic carbocycles. The summed E-state index contributed by atoms with van der Waals surface area (Å²) in [5, 5.41) is 14.6. The van der Waals surface area contributed by atoms with Crippen LogP contribution in [0.4, 0.5) is 11.4 Å². The van der Waals surface area contributed by atoms with Crippen molar-refractivity contribution in [2.45, 2.75) is 18.4 Å². The summed E-state index contributed by atoms with van der Waals surface area (Å²) in [5.41, 5.74) is 3.18. The standard InChI is InChI=1S/C20H20N2O4/c1-25-16-10-11-17(26-2)20-18(16)14-4-3-5-15(14)19(21-20)12-6-8-13(9-7-12)22(23)24/h3-4,6-11,14-15,19,21H,5H2,1-2H3/t14-,15+,19+/m1/s1. The van der Waals surface area contributed by atoms with E-state index in [1.54, 1.807) is 26.4 Å². The number of anilines is 1.